The molecule has 0 saturated carbocycles. The molecule has 1 amide bonds. The van der Waals surface area contributed by atoms with Gasteiger partial charge in [-0.15, -0.1) is 0 Å². The highest BCUT2D eigenvalue weighted by atomic mass is 35.5. The minimum atomic E-state index is -0.337. The Hall–Kier alpha value is -2.66. The van der Waals surface area contributed by atoms with Gasteiger partial charge >= 0.3 is 0 Å². The third-order valence-electron chi connectivity index (χ3n) is 4.81. The zero-order chi connectivity index (χ0) is 18.8. The molecule has 0 spiro atoms. The lowest BCUT2D eigenvalue weighted by molar-refractivity contribution is -0.131. The number of nitrogens with zero attached hydrogens (tertiary/aromatic N) is 3. The van der Waals surface area contributed by atoms with Crippen molar-refractivity contribution < 1.29 is 9.18 Å². The number of rotatable bonds is 3. The van der Waals surface area contributed by atoms with Gasteiger partial charge in [0, 0.05) is 23.7 Å². The summed E-state index contributed by atoms with van der Waals surface area (Å²) in [7, 11) is 0. The number of carbonyl (C=O) groups is 1. The number of benzene rings is 2. The molecule has 2 aromatic carbocycles. The van der Waals surface area contributed by atoms with E-state index in [2.05, 4.69) is 5.10 Å². The number of carbonyl (C=O) groups excluding carboxylic acids is 1. The van der Waals surface area contributed by atoms with Gasteiger partial charge in [0.25, 0.3) is 0 Å². The Morgan fingerprint density at radius 3 is 2.67 bits per heavy atom. The first-order valence-electron chi connectivity index (χ1n) is 8.94. The molecule has 3 aromatic rings. The van der Waals surface area contributed by atoms with E-state index in [9.17, 15) is 9.18 Å². The maximum Gasteiger partial charge on any atom is 0.227 e. The molecule has 0 aliphatic carbocycles. The van der Waals surface area contributed by atoms with Crippen LogP contribution in [0, 0.1) is 5.82 Å². The highest BCUT2D eigenvalue weighted by Crippen LogP contribution is 2.24. The minimum Gasteiger partial charge on any atom is -0.336 e. The van der Waals surface area contributed by atoms with Gasteiger partial charge in [-0.05, 0) is 36.2 Å². The van der Waals surface area contributed by atoms with E-state index in [1.54, 1.807) is 23.1 Å². The van der Waals surface area contributed by atoms with Crippen LogP contribution < -0.4 is 0 Å². The fourth-order valence-electron chi connectivity index (χ4n) is 3.35. The molecule has 1 aliphatic heterocycles. The number of amides is 1. The standard InChI is InChI=1S/C21H19ClFN3O/c22-17-8-6-15(7-9-17)20-13-18-14-25(10-3-11-26(18)24-20)21(27)12-16-4-1-2-5-19(16)23/h1-2,4-9,13H,3,10-12,14H2. The molecule has 0 saturated heterocycles. The highest BCUT2D eigenvalue weighted by molar-refractivity contribution is 6.30. The van der Waals surface area contributed by atoms with E-state index < -0.39 is 0 Å². The summed E-state index contributed by atoms with van der Waals surface area (Å²) in [5, 5.41) is 5.36. The van der Waals surface area contributed by atoms with Crippen molar-refractivity contribution in [3.05, 3.63) is 76.7 Å². The van der Waals surface area contributed by atoms with E-state index in [-0.39, 0.29) is 18.1 Å². The molecule has 4 nitrogen and oxygen atoms in total. The number of aryl methyl sites for hydroxylation is 1. The number of hydrogen-bond acceptors (Lipinski definition) is 2. The zero-order valence-electron chi connectivity index (χ0n) is 14.7. The second-order valence-corrected chi connectivity index (χ2v) is 7.12. The van der Waals surface area contributed by atoms with E-state index >= 15 is 0 Å². The summed E-state index contributed by atoms with van der Waals surface area (Å²) in [6, 6.07) is 16.0. The van der Waals surface area contributed by atoms with Crippen LogP contribution in [0.4, 0.5) is 4.39 Å². The first-order valence-corrected chi connectivity index (χ1v) is 9.32. The summed E-state index contributed by atoms with van der Waals surface area (Å²) in [5.41, 5.74) is 3.27. The lowest BCUT2D eigenvalue weighted by Gasteiger charge is -2.20. The summed E-state index contributed by atoms with van der Waals surface area (Å²) in [6.07, 6.45) is 0.891. The molecule has 0 radical (unpaired) electrons. The van der Waals surface area contributed by atoms with Crippen molar-refractivity contribution in [2.75, 3.05) is 6.54 Å². The van der Waals surface area contributed by atoms with Crippen LogP contribution in [-0.4, -0.2) is 27.1 Å². The predicted octanol–water partition coefficient (Wildman–Crippen LogP) is 4.32. The Kier molecular flexibility index (Phi) is 4.94. The van der Waals surface area contributed by atoms with Crippen LogP contribution in [0.1, 0.15) is 17.7 Å². The maximum atomic E-state index is 13.9. The Labute approximate surface area is 162 Å². The van der Waals surface area contributed by atoms with Gasteiger partial charge in [0.1, 0.15) is 5.82 Å². The average Bonchev–Trinajstić information content (AvgIpc) is 2.95. The molecule has 1 aliphatic rings. The summed E-state index contributed by atoms with van der Waals surface area (Å²) < 4.78 is 15.8. The monoisotopic (exact) mass is 383 g/mol. The summed E-state index contributed by atoms with van der Waals surface area (Å²) in [5.74, 6) is -0.404. The van der Waals surface area contributed by atoms with Gasteiger partial charge in [0.2, 0.25) is 5.91 Å². The second kappa shape index (κ2) is 7.53. The van der Waals surface area contributed by atoms with E-state index in [0.29, 0.717) is 23.7 Å². The molecule has 0 N–H and O–H groups in total. The van der Waals surface area contributed by atoms with E-state index in [1.165, 1.54) is 6.07 Å². The molecular weight excluding hydrogens is 365 g/mol. The molecule has 2 heterocycles. The zero-order valence-corrected chi connectivity index (χ0v) is 15.5. The molecule has 0 unspecified atom stereocenters. The lowest BCUT2D eigenvalue weighted by Crippen LogP contribution is -2.32. The van der Waals surface area contributed by atoms with Crippen molar-refractivity contribution in [2.45, 2.75) is 25.9 Å². The largest absolute Gasteiger partial charge is 0.336 e. The molecule has 0 fully saturated rings. The van der Waals surface area contributed by atoms with Gasteiger partial charge in [-0.3, -0.25) is 9.48 Å². The van der Waals surface area contributed by atoms with E-state index in [4.69, 9.17) is 11.6 Å². The average molecular weight is 384 g/mol. The smallest absolute Gasteiger partial charge is 0.227 e. The molecule has 138 valence electrons. The van der Waals surface area contributed by atoms with E-state index in [0.717, 1.165) is 29.9 Å². The third-order valence-corrected chi connectivity index (χ3v) is 5.06. The van der Waals surface area contributed by atoms with Crippen molar-refractivity contribution in [1.82, 2.24) is 14.7 Å². The van der Waals surface area contributed by atoms with Crippen LogP contribution in [-0.2, 0) is 24.3 Å². The number of aromatic nitrogens is 2. The van der Waals surface area contributed by atoms with Crippen LogP contribution in [0.15, 0.2) is 54.6 Å². The van der Waals surface area contributed by atoms with Crippen molar-refractivity contribution in [1.29, 1.82) is 0 Å². The quantitative estimate of drug-likeness (QED) is 0.675. The summed E-state index contributed by atoms with van der Waals surface area (Å²) in [6.45, 7) is 1.88. The van der Waals surface area contributed by atoms with E-state index in [1.807, 2.05) is 35.0 Å². The minimum absolute atomic E-state index is 0.0669. The fraction of sp³-hybridized carbons (Fsp3) is 0.238. The van der Waals surface area contributed by atoms with Gasteiger partial charge in [-0.25, -0.2) is 4.39 Å². The Morgan fingerprint density at radius 2 is 1.89 bits per heavy atom. The molecular formula is C21H19ClFN3O. The normalized spacial score (nSPS) is 13.9. The molecule has 4 rings (SSSR count). The van der Waals surface area contributed by atoms with Crippen LogP contribution in [0.3, 0.4) is 0 Å². The molecule has 6 heteroatoms. The molecule has 0 bridgehead atoms. The third kappa shape index (κ3) is 3.88. The van der Waals surface area contributed by atoms with Gasteiger partial charge in [0.15, 0.2) is 0 Å². The SMILES string of the molecule is O=C(Cc1ccccc1F)N1CCCn2nc(-c3ccc(Cl)cc3)cc2C1. The maximum absolute atomic E-state index is 13.9. The molecule has 0 atom stereocenters. The Morgan fingerprint density at radius 1 is 1.11 bits per heavy atom. The van der Waals surface area contributed by atoms with Crippen molar-refractivity contribution in [3.8, 4) is 11.3 Å². The lowest BCUT2D eigenvalue weighted by atomic mass is 10.1. The second-order valence-electron chi connectivity index (χ2n) is 6.69. The van der Waals surface area contributed by atoms with Gasteiger partial charge in [-0.2, -0.15) is 5.10 Å². The predicted molar refractivity (Wildman–Crippen MR) is 103 cm³/mol. The van der Waals surface area contributed by atoms with Crippen molar-refractivity contribution in [3.63, 3.8) is 0 Å². The summed E-state index contributed by atoms with van der Waals surface area (Å²) in [4.78, 5) is 14.5. The summed E-state index contributed by atoms with van der Waals surface area (Å²) >= 11 is 5.96. The first-order chi connectivity index (χ1) is 13.1. The fourth-order valence-corrected chi connectivity index (χ4v) is 3.48. The van der Waals surface area contributed by atoms with Gasteiger partial charge in [-0.1, -0.05) is 41.9 Å². The highest BCUT2D eigenvalue weighted by Gasteiger charge is 2.22. The van der Waals surface area contributed by atoms with Crippen LogP contribution in [0.25, 0.3) is 11.3 Å². The Bertz CT molecular complexity index is 968. The van der Waals surface area contributed by atoms with Crippen LogP contribution in [0.2, 0.25) is 5.02 Å². The molecule has 27 heavy (non-hydrogen) atoms. The van der Waals surface area contributed by atoms with Crippen molar-refractivity contribution in [2.24, 2.45) is 0 Å². The van der Waals surface area contributed by atoms with Gasteiger partial charge in [0.05, 0.1) is 24.4 Å². The van der Waals surface area contributed by atoms with Gasteiger partial charge < -0.3 is 4.90 Å². The van der Waals surface area contributed by atoms with Crippen LogP contribution >= 0.6 is 11.6 Å². The first kappa shape index (κ1) is 17.7. The number of halogens is 2. The topological polar surface area (TPSA) is 38.1 Å². The Balaban J connectivity index is 1.53. The number of hydrogen-bond donors (Lipinski definition) is 0. The molecule has 1 aromatic heterocycles. The number of fused-ring (bicyclic) bond motifs is 1. The van der Waals surface area contributed by atoms with Crippen LogP contribution in [0.5, 0.6) is 0 Å². The van der Waals surface area contributed by atoms with Crippen molar-refractivity contribution >= 4 is 17.5 Å².